The fraction of sp³-hybridized carbons (Fsp3) is 0.480. The molecule has 1 amide bonds. The summed E-state index contributed by atoms with van der Waals surface area (Å²) in [5.74, 6) is 0.0321. The second-order valence-electron chi connectivity index (χ2n) is 8.48. The monoisotopic (exact) mass is 458 g/mol. The van der Waals surface area contributed by atoms with Crippen molar-refractivity contribution in [2.24, 2.45) is 0 Å². The van der Waals surface area contributed by atoms with E-state index in [1.807, 2.05) is 43.3 Å². The molecule has 0 spiro atoms. The molecule has 174 valence electrons. The van der Waals surface area contributed by atoms with E-state index in [2.05, 4.69) is 5.32 Å². The number of hydrogen-bond donors (Lipinski definition) is 1. The van der Waals surface area contributed by atoms with Gasteiger partial charge >= 0.3 is 0 Å². The maximum Gasteiger partial charge on any atom is 0.247 e. The van der Waals surface area contributed by atoms with E-state index in [0.717, 1.165) is 36.8 Å². The van der Waals surface area contributed by atoms with Gasteiger partial charge in [0, 0.05) is 12.6 Å². The predicted molar refractivity (Wildman–Crippen MR) is 126 cm³/mol. The number of benzene rings is 2. The van der Waals surface area contributed by atoms with Crippen LogP contribution in [0.3, 0.4) is 0 Å². The van der Waals surface area contributed by atoms with E-state index in [0.29, 0.717) is 6.42 Å². The van der Waals surface area contributed by atoms with Gasteiger partial charge in [-0.1, -0.05) is 62.1 Å². The maximum absolute atomic E-state index is 13.6. The SMILES string of the molecule is COc1ccc(C)cc1S(=O)(=O)N(CCc1ccccc1)CC(=O)NC1CCCCCC1. The van der Waals surface area contributed by atoms with Crippen molar-refractivity contribution in [1.29, 1.82) is 0 Å². The van der Waals surface area contributed by atoms with Crippen LogP contribution < -0.4 is 10.1 Å². The third kappa shape index (κ3) is 6.56. The van der Waals surface area contributed by atoms with Crippen molar-refractivity contribution in [1.82, 2.24) is 9.62 Å². The molecule has 0 aromatic heterocycles. The Hall–Kier alpha value is -2.38. The third-order valence-corrected chi connectivity index (χ3v) is 7.84. The van der Waals surface area contributed by atoms with E-state index in [9.17, 15) is 13.2 Å². The van der Waals surface area contributed by atoms with Gasteiger partial charge in [-0.25, -0.2) is 8.42 Å². The molecule has 1 saturated carbocycles. The van der Waals surface area contributed by atoms with Gasteiger partial charge in [0.15, 0.2) is 0 Å². The highest BCUT2D eigenvalue weighted by Gasteiger charge is 2.30. The summed E-state index contributed by atoms with van der Waals surface area (Å²) in [6.07, 6.45) is 7.00. The van der Waals surface area contributed by atoms with Gasteiger partial charge in [-0.2, -0.15) is 4.31 Å². The van der Waals surface area contributed by atoms with Crippen molar-refractivity contribution in [3.05, 3.63) is 59.7 Å². The van der Waals surface area contributed by atoms with Crippen LogP contribution in [-0.2, 0) is 21.2 Å². The Morgan fingerprint density at radius 1 is 1.06 bits per heavy atom. The summed E-state index contributed by atoms with van der Waals surface area (Å²) >= 11 is 0. The molecule has 0 heterocycles. The largest absolute Gasteiger partial charge is 0.495 e. The average Bonchev–Trinajstić information content (AvgIpc) is 3.05. The van der Waals surface area contributed by atoms with Crippen LogP contribution in [0.15, 0.2) is 53.4 Å². The number of methoxy groups -OCH3 is 1. The van der Waals surface area contributed by atoms with Crippen LogP contribution in [0.1, 0.15) is 49.7 Å². The Morgan fingerprint density at radius 3 is 2.41 bits per heavy atom. The molecule has 0 bridgehead atoms. The first-order valence-corrected chi connectivity index (χ1v) is 12.8. The summed E-state index contributed by atoms with van der Waals surface area (Å²) in [7, 11) is -2.48. The van der Waals surface area contributed by atoms with E-state index in [1.54, 1.807) is 12.1 Å². The highest BCUT2D eigenvalue weighted by atomic mass is 32.2. The molecule has 1 aliphatic rings. The van der Waals surface area contributed by atoms with Crippen molar-refractivity contribution < 1.29 is 17.9 Å². The Labute approximate surface area is 192 Å². The Balaban J connectivity index is 1.82. The molecule has 7 heteroatoms. The number of nitrogens with zero attached hydrogens (tertiary/aromatic N) is 1. The number of ether oxygens (including phenoxy) is 1. The van der Waals surface area contributed by atoms with E-state index < -0.39 is 10.0 Å². The van der Waals surface area contributed by atoms with Gasteiger partial charge in [-0.3, -0.25) is 4.79 Å². The summed E-state index contributed by atoms with van der Waals surface area (Å²) < 4.78 is 33.9. The summed E-state index contributed by atoms with van der Waals surface area (Å²) in [4.78, 5) is 13.0. The molecule has 1 N–H and O–H groups in total. The lowest BCUT2D eigenvalue weighted by Gasteiger charge is -2.24. The summed E-state index contributed by atoms with van der Waals surface area (Å²) in [5, 5.41) is 3.07. The van der Waals surface area contributed by atoms with Gasteiger partial charge < -0.3 is 10.1 Å². The van der Waals surface area contributed by atoms with Crippen LogP contribution in [-0.4, -0.2) is 44.9 Å². The molecule has 0 atom stereocenters. The topological polar surface area (TPSA) is 75.7 Å². The Kier molecular flexibility index (Phi) is 8.70. The standard InChI is InChI=1S/C25H34N2O4S/c1-20-14-15-23(31-2)24(18-20)32(29,30)27(17-16-21-10-6-5-7-11-21)19-25(28)26-22-12-8-3-4-9-13-22/h5-7,10-11,14-15,18,22H,3-4,8-9,12-13,16-17,19H2,1-2H3,(H,26,28). The lowest BCUT2D eigenvalue weighted by molar-refractivity contribution is -0.122. The Morgan fingerprint density at radius 2 is 1.75 bits per heavy atom. The van der Waals surface area contributed by atoms with Crippen molar-refractivity contribution in [3.63, 3.8) is 0 Å². The fourth-order valence-corrected chi connectivity index (χ4v) is 5.80. The number of sulfonamides is 1. The summed E-state index contributed by atoms with van der Waals surface area (Å²) in [6, 6.07) is 14.9. The van der Waals surface area contributed by atoms with Gasteiger partial charge in [0.05, 0.1) is 13.7 Å². The molecule has 2 aromatic rings. The zero-order chi connectivity index (χ0) is 23.0. The van der Waals surface area contributed by atoms with Gasteiger partial charge in [-0.05, 0) is 49.4 Å². The minimum absolute atomic E-state index is 0.0929. The Bertz CT molecular complexity index is 984. The van der Waals surface area contributed by atoms with Crippen LogP contribution >= 0.6 is 0 Å². The third-order valence-electron chi connectivity index (χ3n) is 5.97. The number of amides is 1. The maximum atomic E-state index is 13.6. The van der Waals surface area contributed by atoms with E-state index in [1.165, 1.54) is 24.3 Å². The molecular formula is C25H34N2O4S. The quantitative estimate of drug-likeness (QED) is 0.575. The molecule has 6 nitrogen and oxygen atoms in total. The number of rotatable bonds is 9. The fourth-order valence-electron chi connectivity index (χ4n) is 4.16. The second-order valence-corrected chi connectivity index (χ2v) is 10.4. The van der Waals surface area contributed by atoms with Crippen LogP contribution in [0, 0.1) is 6.92 Å². The molecule has 1 fully saturated rings. The van der Waals surface area contributed by atoms with Crippen LogP contribution in [0.2, 0.25) is 0 Å². The predicted octanol–water partition coefficient (Wildman–Crippen LogP) is 4.08. The van der Waals surface area contributed by atoms with Crippen LogP contribution in [0.4, 0.5) is 0 Å². The summed E-state index contributed by atoms with van der Waals surface area (Å²) in [5.41, 5.74) is 1.84. The van der Waals surface area contributed by atoms with Crippen molar-refractivity contribution >= 4 is 15.9 Å². The smallest absolute Gasteiger partial charge is 0.247 e. The van der Waals surface area contributed by atoms with E-state index in [-0.39, 0.29) is 35.7 Å². The highest BCUT2D eigenvalue weighted by molar-refractivity contribution is 7.89. The molecule has 0 aliphatic heterocycles. The van der Waals surface area contributed by atoms with Crippen molar-refractivity contribution in [2.75, 3.05) is 20.2 Å². The number of carbonyl (C=O) groups excluding carboxylic acids is 1. The number of hydrogen-bond acceptors (Lipinski definition) is 4. The average molecular weight is 459 g/mol. The van der Waals surface area contributed by atoms with Gasteiger partial charge in [0.2, 0.25) is 15.9 Å². The molecule has 32 heavy (non-hydrogen) atoms. The first-order chi connectivity index (χ1) is 15.4. The molecule has 0 saturated heterocycles. The van der Waals surface area contributed by atoms with Crippen LogP contribution in [0.25, 0.3) is 0 Å². The number of nitrogens with one attached hydrogen (secondary N) is 1. The first kappa shape index (κ1) is 24.3. The zero-order valence-electron chi connectivity index (χ0n) is 19.0. The summed E-state index contributed by atoms with van der Waals surface area (Å²) in [6.45, 7) is 1.84. The van der Waals surface area contributed by atoms with Gasteiger partial charge in [-0.15, -0.1) is 0 Å². The first-order valence-electron chi connectivity index (χ1n) is 11.4. The normalized spacial score (nSPS) is 15.3. The molecule has 2 aromatic carbocycles. The van der Waals surface area contributed by atoms with E-state index >= 15 is 0 Å². The molecule has 0 radical (unpaired) electrons. The zero-order valence-corrected chi connectivity index (χ0v) is 19.9. The van der Waals surface area contributed by atoms with Crippen LogP contribution in [0.5, 0.6) is 5.75 Å². The minimum atomic E-state index is -3.93. The number of aryl methyl sites for hydroxylation is 1. The van der Waals surface area contributed by atoms with E-state index in [4.69, 9.17) is 4.74 Å². The van der Waals surface area contributed by atoms with Crippen molar-refractivity contribution in [3.8, 4) is 5.75 Å². The van der Waals surface area contributed by atoms with Gasteiger partial charge in [0.25, 0.3) is 0 Å². The second kappa shape index (κ2) is 11.5. The highest BCUT2D eigenvalue weighted by Crippen LogP contribution is 2.28. The molecular weight excluding hydrogens is 424 g/mol. The van der Waals surface area contributed by atoms with Gasteiger partial charge in [0.1, 0.15) is 10.6 Å². The molecule has 3 rings (SSSR count). The molecule has 0 unspecified atom stereocenters. The number of carbonyl (C=O) groups is 1. The molecule has 1 aliphatic carbocycles. The minimum Gasteiger partial charge on any atom is -0.495 e. The lowest BCUT2D eigenvalue weighted by Crippen LogP contribution is -2.44. The van der Waals surface area contributed by atoms with Crippen molar-refractivity contribution in [2.45, 2.75) is 62.8 Å². The lowest BCUT2D eigenvalue weighted by atomic mass is 10.1.